The van der Waals surface area contributed by atoms with E-state index in [1.165, 1.54) is 12.8 Å². The minimum absolute atomic E-state index is 0.0581. The van der Waals surface area contributed by atoms with Crippen LogP contribution in [0.1, 0.15) is 41.6 Å². The Morgan fingerprint density at radius 1 is 1.35 bits per heavy atom. The van der Waals surface area contributed by atoms with Crippen LogP contribution in [0.4, 0.5) is 5.69 Å². The second-order valence-electron chi connectivity index (χ2n) is 5.85. The van der Waals surface area contributed by atoms with Crippen molar-refractivity contribution in [1.29, 1.82) is 0 Å². The molecule has 1 aliphatic heterocycles. The number of aryl methyl sites for hydroxylation is 1. The third kappa shape index (κ3) is 2.40. The molecule has 2 N–H and O–H groups in total. The van der Waals surface area contributed by atoms with Crippen molar-refractivity contribution < 1.29 is 9.53 Å². The molecule has 1 saturated heterocycles. The molecule has 4 heteroatoms. The average Bonchev–Trinajstić information content (AvgIpc) is 2.46. The lowest BCUT2D eigenvalue weighted by atomic mass is 9.89. The molecule has 108 valence electrons. The van der Waals surface area contributed by atoms with Gasteiger partial charge in [-0.25, -0.2) is 0 Å². The standard InChI is InChI=1S/C16H22N2O2/c1-11-6-7-12(13(17)10-11)16(19)18-8-9-20-15-5-3-2-4-14(15)18/h6-7,10,14-15H,2-5,8-9,17H2,1H3. The monoisotopic (exact) mass is 274 g/mol. The lowest BCUT2D eigenvalue weighted by Gasteiger charge is -2.43. The van der Waals surface area contributed by atoms with Crippen molar-refractivity contribution in [3.8, 4) is 0 Å². The molecule has 1 aromatic carbocycles. The van der Waals surface area contributed by atoms with Gasteiger partial charge in [-0.15, -0.1) is 0 Å². The number of benzene rings is 1. The number of carbonyl (C=O) groups is 1. The number of nitrogens with zero attached hydrogens (tertiary/aromatic N) is 1. The molecule has 2 fully saturated rings. The molecular formula is C16H22N2O2. The van der Waals surface area contributed by atoms with Gasteiger partial charge in [-0.2, -0.15) is 0 Å². The lowest BCUT2D eigenvalue weighted by Crippen LogP contribution is -2.54. The average molecular weight is 274 g/mol. The SMILES string of the molecule is Cc1ccc(C(=O)N2CCOC3CCCCC32)c(N)c1. The maximum atomic E-state index is 12.8. The van der Waals surface area contributed by atoms with Gasteiger partial charge < -0.3 is 15.4 Å². The molecule has 1 aliphatic carbocycles. The smallest absolute Gasteiger partial charge is 0.256 e. The van der Waals surface area contributed by atoms with Crippen LogP contribution in [0, 0.1) is 6.92 Å². The summed E-state index contributed by atoms with van der Waals surface area (Å²) in [7, 11) is 0. The third-order valence-corrected chi connectivity index (χ3v) is 4.43. The van der Waals surface area contributed by atoms with E-state index < -0.39 is 0 Å². The van der Waals surface area contributed by atoms with Crippen molar-refractivity contribution in [2.45, 2.75) is 44.8 Å². The van der Waals surface area contributed by atoms with Gasteiger partial charge >= 0.3 is 0 Å². The first-order valence-corrected chi connectivity index (χ1v) is 7.45. The van der Waals surface area contributed by atoms with Crippen LogP contribution in [0.15, 0.2) is 18.2 Å². The normalized spacial score (nSPS) is 26.1. The van der Waals surface area contributed by atoms with Gasteiger partial charge in [0.1, 0.15) is 0 Å². The molecule has 2 unspecified atom stereocenters. The zero-order chi connectivity index (χ0) is 14.1. The van der Waals surface area contributed by atoms with Crippen molar-refractivity contribution >= 4 is 11.6 Å². The Bertz CT molecular complexity index is 513. The molecule has 1 amide bonds. The van der Waals surface area contributed by atoms with Crippen LogP contribution in [-0.2, 0) is 4.74 Å². The summed E-state index contributed by atoms with van der Waals surface area (Å²) >= 11 is 0. The number of ether oxygens (including phenoxy) is 1. The Labute approximate surface area is 119 Å². The predicted molar refractivity (Wildman–Crippen MR) is 78.6 cm³/mol. The molecule has 3 rings (SSSR count). The fraction of sp³-hybridized carbons (Fsp3) is 0.562. The Morgan fingerprint density at radius 3 is 2.95 bits per heavy atom. The number of hydrogen-bond acceptors (Lipinski definition) is 3. The van der Waals surface area contributed by atoms with Crippen LogP contribution in [0.3, 0.4) is 0 Å². The van der Waals surface area contributed by atoms with E-state index in [0.29, 0.717) is 24.4 Å². The van der Waals surface area contributed by atoms with Gasteiger partial charge in [-0.3, -0.25) is 4.79 Å². The summed E-state index contributed by atoms with van der Waals surface area (Å²) in [5.41, 5.74) is 8.30. The number of anilines is 1. The summed E-state index contributed by atoms with van der Waals surface area (Å²) in [6, 6.07) is 5.89. The first kappa shape index (κ1) is 13.4. The van der Waals surface area contributed by atoms with Gasteiger partial charge in [-0.05, 0) is 37.5 Å². The van der Waals surface area contributed by atoms with Crippen LogP contribution >= 0.6 is 0 Å². The quantitative estimate of drug-likeness (QED) is 0.800. The molecule has 2 atom stereocenters. The van der Waals surface area contributed by atoms with Gasteiger partial charge in [0.25, 0.3) is 5.91 Å². The molecule has 0 radical (unpaired) electrons. The van der Waals surface area contributed by atoms with Crippen LogP contribution in [0.25, 0.3) is 0 Å². The Morgan fingerprint density at radius 2 is 2.15 bits per heavy atom. The fourth-order valence-electron chi connectivity index (χ4n) is 3.38. The fourth-order valence-corrected chi connectivity index (χ4v) is 3.38. The summed E-state index contributed by atoms with van der Waals surface area (Å²) in [5, 5.41) is 0. The van der Waals surface area contributed by atoms with Gasteiger partial charge in [0.05, 0.1) is 24.3 Å². The highest BCUT2D eigenvalue weighted by Crippen LogP contribution is 2.30. The van der Waals surface area contributed by atoms with E-state index in [1.54, 1.807) is 0 Å². The number of hydrogen-bond donors (Lipinski definition) is 1. The number of rotatable bonds is 1. The lowest BCUT2D eigenvalue weighted by molar-refractivity contribution is -0.0752. The first-order chi connectivity index (χ1) is 9.66. The molecule has 2 aliphatic rings. The Kier molecular flexibility index (Phi) is 3.66. The molecule has 0 bridgehead atoms. The molecule has 0 aromatic heterocycles. The van der Waals surface area contributed by atoms with Crippen molar-refractivity contribution in [1.82, 2.24) is 4.90 Å². The number of nitrogens with two attached hydrogens (primary N) is 1. The number of amides is 1. The zero-order valence-electron chi connectivity index (χ0n) is 12.0. The minimum Gasteiger partial charge on any atom is -0.398 e. The van der Waals surface area contributed by atoms with Gasteiger partial charge in [-0.1, -0.05) is 18.9 Å². The largest absolute Gasteiger partial charge is 0.398 e. The van der Waals surface area contributed by atoms with E-state index in [9.17, 15) is 4.79 Å². The van der Waals surface area contributed by atoms with Crippen LogP contribution < -0.4 is 5.73 Å². The van der Waals surface area contributed by atoms with Gasteiger partial charge in [0.15, 0.2) is 0 Å². The summed E-state index contributed by atoms with van der Waals surface area (Å²) in [6.07, 6.45) is 4.71. The topological polar surface area (TPSA) is 55.6 Å². The summed E-state index contributed by atoms with van der Waals surface area (Å²) in [5.74, 6) is 0.0581. The number of nitrogen functional groups attached to an aromatic ring is 1. The van der Waals surface area contributed by atoms with E-state index in [0.717, 1.165) is 18.4 Å². The summed E-state index contributed by atoms with van der Waals surface area (Å²) in [6.45, 7) is 3.29. The van der Waals surface area contributed by atoms with Crippen molar-refractivity contribution in [3.63, 3.8) is 0 Å². The Balaban J connectivity index is 1.85. The highest BCUT2D eigenvalue weighted by atomic mass is 16.5. The van der Waals surface area contributed by atoms with Crippen molar-refractivity contribution in [2.24, 2.45) is 0 Å². The zero-order valence-corrected chi connectivity index (χ0v) is 12.0. The van der Waals surface area contributed by atoms with E-state index >= 15 is 0 Å². The van der Waals surface area contributed by atoms with Crippen LogP contribution in [0.5, 0.6) is 0 Å². The number of morpholine rings is 1. The van der Waals surface area contributed by atoms with E-state index in [4.69, 9.17) is 10.5 Å². The highest BCUT2D eigenvalue weighted by Gasteiger charge is 2.37. The second kappa shape index (κ2) is 5.44. The third-order valence-electron chi connectivity index (χ3n) is 4.43. The highest BCUT2D eigenvalue weighted by molar-refractivity contribution is 5.99. The maximum absolute atomic E-state index is 12.8. The number of carbonyl (C=O) groups excluding carboxylic acids is 1. The number of fused-ring (bicyclic) bond motifs is 1. The summed E-state index contributed by atoms with van der Waals surface area (Å²) in [4.78, 5) is 14.8. The second-order valence-corrected chi connectivity index (χ2v) is 5.85. The predicted octanol–water partition coefficient (Wildman–Crippen LogP) is 2.36. The van der Waals surface area contributed by atoms with Gasteiger partial charge in [0.2, 0.25) is 0 Å². The maximum Gasteiger partial charge on any atom is 0.256 e. The van der Waals surface area contributed by atoms with E-state index in [1.807, 2.05) is 30.0 Å². The van der Waals surface area contributed by atoms with Crippen molar-refractivity contribution in [3.05, 3.63) is 29.3 Å². The molecular weight excluding hydrogens is 252 g/mol. The molecule has 4 nitrogen and oxygen atoms in total. The van der Waals surface area contributed by atoms with Crippen LogP contribution in [-0.4, -0.2) is 36.1 Å². The molecule has 1 saturated carbocycles. The molecule has 1 aromatic rings. The van der Waals surface area contributed by atoms with Gasteiger partial charge in [0, 0.05) is 12.2 Å². The first-order valence-electron chi connectivity index (χ1n) is 7.45. The van der Waals surface area contributed by atoms with Crippen LogP contribution in [0.2, 0.25) is 0 Å². The van der Waals surface area contributed by atoms with Crippen molar-refractivity contribution in [2.75, 3.05) is 18.9 Å². The molecule has 1 heterocycles. The molecule has 20 heavy (non-hydrogen) atoms. The molecule has 0 spiro atoms. The summed E-state index contributed by atoms with van der Waals surface area (Å²) < 4.78 is 5.82. The minimum atomic E-state index is 0.0581. The van der Waals surface area contributed by atoms with E-state index in [2.05, 4.69) is 0 Å². The Hall–Kier alpha value is -1.55. The van der Waals surface area contributed by atoms with E-state index in [-0.39, 0.29) is 18.1 Å².